The smallest absolute Gasteiger partial charge is 0.326 e. The summed E-state index contributed by atoms with van der Waals surface area (Å²) in [7, 11) is -3.06. The normalized spacial score (nSPS) is 12.0. The maximum Gasteiger partial charge on any atom is 0.326 e. The molecule has 0 saturated carbocycles. The topological polar surface area (TPSA) is 202 Å². The molecule has 0 atom stereocenters. The average molecular weight is 452 g/mol. The number of rotatable bonds is 8. The van der Waals surface area contributed by atoms with Crippen molar-refractivity contribution in [3.05, 3.63) is 67.8 Å². The number of hydrogen-bond donors (Lipinski definition) is 2. The molecule has 31 heavy (non-hydrogen) atoms. The van der Waals surface area contributed by atoms with Crippen molar-refractivity contribution in [3.8, 4) is 5.75 Å². The molecule has 0 aromatic heterocycles. The van der Waals surface area contributed by atoms with Crippen LogP contribution in [0.5, 0.6) is 5.75 Å². The third-order valence-corrected chi connectivity index (χ3v) is 4.83. The Morgan fingerprint density at radius 3 is 2.32 bits per heavy atom. The molecule has 0 bridgehead atoms. The highest BCUT2D eigenvalue weighted by Gasteiger charge is 2.28. The molecular weight excluding hydrogens is 436 g/mol. The number of nitro benzene ring substituents is 2. The van der Waals surface area contributed by atoms with Gasteiger partial charge in [0, 0.05) is 6.07 Å². The number of nitrogens with zero attached hydrogens (tertiary/aromatic N) is 4. The van der Waals surface area contributed by atoms with Gasteiger partial charge in [-0.25, -0.2) is 5.48 Å². The van der Waals surface area contributed by atoms with Crippen molar-refractivity contribution in [3.63, 3.8) is 0 Å². The molecule has 0 heterocycles. The number of hydrogen-bond acceptors (Lipinski definition) is 10. The SMILES string of the molecule is COc1ccc([N+](=O)[O-])c(C=NN=C(N)NOS(=O)(=O)c2ccc(C)cc2)c1[N+](=O)[O-]. The van der Waals surface area contributed by atoms with E-state index in [9.17, 15) is 28.6 Å². The van der Waals surface area contributed by atoms with E-state index < -0.39 is 42.9 Å². The Hall–Kier alpha value is -4.11. The third kappa shape index (κ3) is 5.71. The zero-order valence-electron chi connectivity index (χ0n) is 16.1. The van der Waals surface area contributed by atoms with Gasteiger partial charge in [-0.15, -0.1) is 9.39 Å². The first-order chi connectivity index (χ1) is 14.6. The first-order valence-corrected chi connectivity index (χ1v) is 9.60. The van der Waals surface area contributed by atoms with Gasteiger partial charge < -0.3 is 10.5 Å². The second-order valence-corrected chi connectivity index (χ2v) is 7.29. The zero-order chi connectivity index (χ0) is 23.2. The standard InChI is InChI=1S/C16H16N6O8S/c1-10-3-5-11(6-4-10)31(27,28)30-20-16(17)19-18-9-12-13(21(23)24)7-8-14(29-2)15(12)22(25)26/h3-9H,1-2H3,(H3,17,19,20). The summed E-state index contributed by atoms with van der Waals surface area (Å²) < 4.78 is 33.5. The van der Waals surface area contributed by atoms with Crippen molar-refractivity contribution < 1.29 is 27.3 Å². The summed E-state index contributed by atoms with van der Waals surface area (Å²) in [6, 6.07) is 7.82. The number of nitro groups is 2. The molecule has 0 amide bonds. The van der Waals surface area contributed by atoms with E-state index in [-0.39, 0.29) is 10.6 Å². The summed E-state index contributed by atoms with van der Waals surface area (Å²) in [5, 5.41) is 29.3. The molecule has 2 aromatic carbocycles. The van der Waals surface area contributed by atoms with E-state index in [1.54, 1.807) is 19.1 Å². The monoisotopic (exact) mass is 452 g/mol. The van der Waals surface area contributed by atoms with Crippen LogP contribution in [0.3, 0.4) is 0 Å². The van der Waals surface area contributed by atoms with E-state index in [4.69, 9.17) is 10.5 Å². The molecule has 14 nitrogen and oxygen atoms in total. The minimum Gasteiger partial charge on any atom is -0.490 e. The molecule has 15 heteroatoms. The van der Waals surface area contributed by atoms with Gasteiger partial charge in [-0.1, -0.05) is 17.7 Å². The second kappa shape index (κ2) is 9.59. The molecule has 2 aromatic rings. The average Bonchev–Trinajstić information content (AvgIpc) is 2.71. The van der Waals surface area contributed by atoms with Crippen molar-refractivity contribution >= 4 is 33.7 Å². The van der Waals surface area contributed by atoms with Gasteiger partial charge in [0.2, 0.25) is 5.96 Å². The molecule has 0 aliphatic rings. The Balaban J connectivity index is 2.25. The van der Waals surface area contributed by atoms with Crippen LogP contribution in [0.2, 0.25) is 0 Å². The number of hydroxylamine groups is 1. The van der Waals surface area contributed by atoms with Crippen LogP contribution in [-0.4, -0.2) is 37.5 Å². The lowest BCUT2D eigenvalue weighted by Crippen LogP contribution is -2.33. The summed E-state index contributed by atoms with van der Waals surface area (Å²) in [6.45, 7) is 1.77. The minimum absolute atomic E-state index is 0.149. The molecule has 2 rings (SSSR count). The van der Waals surface area contributed by atoms with Crippen LogP contribution in [0, 0.1) is 27.2 Å². The van der Waals surface area contributed by atoms with E-state index in [0.29, 0.717) is 6.21 Å². The lowest BCUT2D eigenvalue weighted by Gasteiger charge is -2.06. The van der Waals surface area contributed by atoms with Gasteiger partial charge in [0.15, 0.2) is 11.3 Å². The Kier molecular flexibility index (Phi) is 7.17. The molecule has 3 N–H and O–H groups in total. The number of nitrogens with one attached hydrogen (secondary N) is 1. The number of guanidine groups is 1. The number of aryl methyl sites for hydroxylation is 1. The minimum atomic E-state index is -4.21. The fraction of sp³-hybridized carbons (Fsp3) is 0.125. The van der Waals surface area contributed by atoms with E-state index in [0.717, 1.165) is 24.8 Å². The lowest BCUT2D eigenvalue weighted by molar-refractivity contribution is -0.394. The first-order valence-electron chi connectivity index (χ1n) is 8.19. The lowest BCUT2D eigenvalue weighted by atomic mass is 10.1. The zero-order valence-corrected chi connectivity index (χ0v) is 16.9. The van der Waals surface area contributed by atoms with Crippen LogP contribution in [0.1, 0.15) is 11.1 Å². The van der Waals surface area contributed by atoms with Crippen molar-refractivity contribution in [1.82, 2.24) is 5.48 Å². The van der Waals surface area contributed by atoms with E-state index in [1.807, 2.05) is 5.48 Å². The van der Waals surface area contributed by atoms with Crippen LogP contribution in [0.25, 0.3) is 0 Å². The molecular formula is C16H16N6O8S. The van der Waals surface area contributed by atoms with Crippen LogP contribution in [-0.2, 0) is 14.4 Å². The van der Waals surface area contributed by atoms with E-state index >= 15 is 0 Å². The predicted octanol–water partition coefficient (Wildman–Crippen LogP) is 1.38. The second-order valence-electron chi connectivity index (χ2n) is 5.75. The van der Waals surface area contributed by atoms with E-state index in [1.165, 1.54) is 12.1 Å². The fourth-order valence-corrected chi connectivity index (χ4v) is 3.00. The summed E-state index contributed by atoms with van der Waals surface area (Å²) in [4.78, 5) is 20.6. The van der Waals surface area contributed by atoms with Gasteiger partial charge in [0.25, 0.3) is 5.69 Å². The summed E-state index contributed by atoms with van der Waals surface area (Å²) in [6.07, 6.45) is 0.710. The number of ether oxygens (including phenoxy) is 1. The van der Waals surface area contributed by atoms with Crippen LogP contribution >= 0.6 is 0 Å². The molecule has 164 valence electrons. The predicted molar refractivity (Wildman–Crippen MR) is 108 cm³/mol. The van der Waals surface area contributed by atoms with E-state index in [2.05, 4.69) is 14.5 Å². The summed E-state index contributed by atoms with van der Waals surface area (Å²) >= 11 is 0. The maximum absolute atomic E-state index is 12.1. The molecule has 0 fully saturated rings. The van der Waals surface area contributed by atoms with Crippen LogP contribution < -0.4 is 16.0 Å². The van der Waals surface area contributed by atoms with Gasteiger partial charge >= 0.3 is 15.8 Å². The van der Waals surface area contributed by atoms with Crippen molar-refractivity contribution in [1.29, 1.82) is 0 Å². The van der Waals surface area contributed by atoms with Crippen molar-refractivity contribution in [2.75, 3.05) is 7.11 Å². The quantitative estimate of drug-likeness (QED) is 0.255. The molecule has 0 aliphatic carbocycles. The highest BCUT2D eigenvalue weighted by atomic mass is 32.2. The highest BCUT2D eigenvalue weighted by Crippen LogP contribution is 2.35. The van der Waals surface area contributed by atoms with Gasteiger partial charge in [-0.05, 0) is 25.1 Å². The molecule has 0 spiro atoms. The first kappa shape index (κ1) is 23.2. The molecule has 0 unspecified atom stereocenters. The van der Waals surface area contributed by atoms with Gasteiger partial charge in [-0.3, -0.25) is 20.2 Å². The Bertz CT molecular complexity index is 1160. The van der Waals surface area contributed by atoms with Crippen LogP contribution in [0.15, 0.2) is 51.5 Å². The van der Waals surface area contributed by atoms with Gasteiger partial charge in [-0.2, -0.15) is 13.5 Å². The number of methoxy groups -OCH3 is 1. The Morgan fingerprint density at radius 1 is 1.13 bits per heavy atom. The number of nitrogens with two attached hydrogens (primary N) is 1. The van der Waals surface area contributed by atoms with Crippen molar-refractivity contribution in [2.24, 2.45) is 15.9 Å². The van der Waals surface area contributed by atoms with Gasteiger partial charge in [0.05, 0.1) is 28.1 Å². The Labute approximate surface area is 175 Å². The van der Waals surface area contributed by atoms with Gasteiger partial charge in [0.1, 0.15) is 0 Å². The fourth-order valence-electron chi connectivity index (χ4n) is 2.24. The Morgan fingerprint density at radius 2 is 1.77 bits per heavy atom. The number of benzene rings is 2. The molecule has 0 radical (unpaired) electrons. The third-order valence-electron chi connectivity index (χ3n) is 3.67. The highest BCUT2D eigenvalue weighted by molar-refractivity contribution is 7.86. The summed E-state index contributed by atoms with van der Waals surface area (Å²) in [5.41, 5.74) is 6.29. The largest absolute Gasteiger partial charge is 0.490 e. The molecule has 0 saturated heterocycles. The van der Waals surface area contributed by atoms with Crippen molar-refractivity contribution in [2.45, 2.75) is 11.8 Å². The summed E-state index contributed by atoms with van der Waals surface area (Å²) in [5.74, 6) is -0.875. The molecule has 0 aliphatic heterocycles. The maximum atomic E-state index is 12.1. The van der Waals surface area contributed by atoms with Crippen LogP contribution in [0.4, 0.5) is 11.4 Å².